The van der Waals surface area contributed by atoms with Gasteiger partial charge in [0.05, 0.1) is 5.69 Å². The molecule has 1 aliphatic heterocycles. The van der Waals surface area contributed by atoms with Crippen LogP contribution in [0.15, 0.2) is 42.7 Å². The molecule has 0 atom stereocenters. The van der Waals surface area contributed by atoms with Crippen LogP contribution in [0.4, 0.5) is 5.82 Å². The normalized spacial score (nSPS) is 12.8. The molecule has 4 rings (SSSR count). The van der Waals surface area contributed by atoms with E-state index in [1.807, 2.05) is 30.3 Å². The molecule has 5 heteroatoms. The van der Waals surface area contributed by atoms with Crippen LogP contribution in [0.2, 0.25) is 0 Å². The Morgan fingerprint density at radius 2 is 1.95 bits per heavy atom. The highest BCUT2D eigenvalue weighted by Gasteiger charge is 2.15. The minimum atomic E-state index is 0.262. The number of nitrogens with two attached hydrogens (primary N) is 1. The van der Waals surface area contributed by atoms with Crippen LogP contribution in [-0.2, 0) is 0 Å². The number of ether oxygens (including phenoxy) is 2. The highest BCUT2D eigenvalue weighted by molar-refractivity contribution is 5.93. The van der Waals surface area contributed by atoms with Gasteiger partial charge in [0, 0.05) is 23.3 Å². The second-order valence-corrected chi connectivity index (χ2v) is 4.56. The summed E-state index contributed by atoms with van der Waals surface area (Å²) in [6.07, 6.45) is 3.46. The first-order valence-electron chi connectivity index (χ1n) is 6.21. The average Bonchev–Trinajstić information content (AvgIpc) is 2.94. The Morgan fingerprint density at radius 3 is 2.90 bits per heavy atom. The Kier molecular flexibility index (Phi) is 2.26. The van der Waals surface area contributed by atoms with E-state index in [1.165, 1.54) is 0 Å². The second-order valence-electron chi connectivity index (χ2n) is 4.56. The van der Waals surface area contributed by atoms with E-state index in [9.17, 15) is 0 Å². The molecule has 0 fully saturated rings. The third kappa shape index (κ3) is 1.64. The van der Waals surface area contributed by atoms with Crippen LogP contribution in [-0.4, -0.2) is 16.8 Å². The lowest BCUT2D eigenvalue weighted by Crippen LogP contribution is -1.95. The fourth-order valence-corrected chi connectivity index (χ4v) is 2.32. The van der Waals surface area contributed by atoms with Crippen molar-refractivity contribution in [2.24, 2.45) is 0 Å². The number of benzene rings is 1. The number of rotatable bonds is 1. The number of pyridine rings is 2. The summed E-state index contributed by atoms with van der Waals surface area (Å²) in [6.45, 7) is 0.262. The first-order valence-corrected chi connectivity index (χ1v) is 6.21. The van der Waals surface area contributed by atoms with Crippen LogP contribution < -0.4 is 15.2 Å². The molecule has 0 radical (unpaired) electrons. The van der Waals surface area contributed by atoms with Gasteiger partial charge >= 0.3 is 0 Å². The molecule has 98 valence electrons. The van der Waals surface area contributed by atoms with Crippen LogP contribution in [0.5, 0.6) is 11.5 Å². The van der Waals surface area contributed by atoms with E-state index in [4.69, 9.17) is 15.2 Å². The van der Waals surface area contributed by atoms with Crippen LogP contribution in [0.25, 0.3) is 22.0 Å². The average molecular weight is 265 g/mol. The van der Waals surface area contributed by atoms with Crippen molar-refractivity contribution in [2.45, 2.75) is 0 Å². The Hall–Kier alpha value is -2.82. The van der Waals surface area contributed by atoms with Gasteiger partial charge in [-0.25, -0.2) is 4.98 Å². The van der Waals surface area contributed by atoms with E-state index in [0.29, 0.717) is 5.82 Å². The standard InChI is InChI=1S/C15H11N3O2/c16-15-11-7-17-4-3-9(11)5-12(18-15)10-1-2-13-14(6-10)20-8-19-13/h1-7H,8H2,(H2,16,18). The number of hydrogen-bond acceptors (Lipinski definition) is 5. The number of fused-ring (bicyclic) bond motifs is 2. The Bertz CT molecular complexity index is 817. The molecule has 1 aromatic carbocycles. The van der Waals surface area contributed by atoms with Gasteiger partial charge in [0.25, 0.3) is 0 Å². The van der Waals surface area contributed by atoms with Crippen molar-refractivity contribution in [3.05, 3.63) is 42.7 Å². The lowest BCUT2D eigenvalue weighted by atomic mass is 10.1. The van der Waals surface area contributed by atoms with Gasteiger partial charge in [0.15, 0.2) is 11.5 Å². The number of nitrogens with zero attached hydrogens (tertiary/aromatic N) is 2. The third-order valence-electron chi connectivity index (χ3n) is 3.33. The summed E-state index contributed by atoms with van der Waals surface area (Å²) in [6, 6.07) is 9.65. The lowest BCUT2D eigenvalue weighted by molar-refractivity contribution is 0.174. The molecule has 0 bridgehead atoms. The summed E-state index contributed by atoms with van der Waals surface area (Å²) >= 11 is 0. The molecule has 3 heterocycles. The summed E-state index contributed by atoms with van der Waals surface area (Å²) in [5.41, 5.74) is 7.75. The molecule has 5 nitrogen and oxygen atoms in total. The largest absolute Gasteiger partial charge is 0.454 e. The fraction of sp³-hybridized carbons (Fsp3) is 0.0667. The smallest absolute Gasteiger partial charge is 0.231 e. The summed E-state index contributed by atoms with van der Waals surface area (Å²) in [7, 11) is 0. The van der Waals surface area contributed by atoms with Crippen molar-refractivity contribution in [3.8, 4) is 22.8 Å². The molecule has 0 aliphatic carbocycles. The van der Waals surface area contributed by atoms with Crippen LogP contribution in [0.3, 0.4) is 0 Å². The van der Waals surface area contributed by atoms with E-state index < -0.39 is 0 Å². The molecule has 0 saturated heterocycles. The quantitative estimate of drug-likeness (QED) is 0.732. The molecule has 0 saturated carbocycles. The molecular formula is C15H11N3O2. The number of nitrogen functional groups attached to an aromatic ring is 1. The molecular weight excluding hydrogens is 254 g/mol. The number of aromatic nitrogens is 2. The van der Waals surface area contributed by atoms with Crippen molar-refractivity contribution in [1.29, 1.82) is 0 Å². The van der Waals surface area contributed by atoms with Crippen molar-refractivity contribution in [2.75, 3.05) is 12.5 Å². The fourth-order valence-electron chi connectivity index (χ4n) is 2.32. The summed E-state index contributed by atoms with van der Waals surface area (Å²) < 4.78 is 10.7. The highest BCUT2D eigenvalue weighted by atomic mass is 16.7. The maximum absolute atomic E-state index is 6.00. The Labute approximate surface area is 115 Å². The van der Waals surface area contributed by atoms with Gasteiger partial charge in [-0.3, -0.25) is 4.98 Å². The van der Waals surface area contributed by atoms with Gasteiger partial charge in [-0.1, -0.05) is 0 Å². The number of hydrogen-bond donors (Lipinski definition) is 1. The molecule has 0 spiro atoms. The maximum atomic E-state index is 6.00. The van der Waals surface area contributed by atoms with Crippen molar-refractivity contribution >= 4 is 16.6 Å². The van der Waals surface area contributed by atoms with E-state index in [-0.39, 0.29) is 6.79 Å². The van der Waals surface area contributed by atoms with Crippen LogP contribution >= 0.6 is 0 Å². The van der Waals surface area contributed by atoms with Gasteiger partial charge in [0.1, 0.15) is 5.82 Å². The van der Waals surface area contributed by atoms with E-state index >= 15 is 0 Å². The van der Waals surface area contributed by atoms with E-state index in [1.54, 1.807) is 12.4 Å². The molecule has 2 aromatic heterocycles. The first kappa shape index (κ1) is 11.0. The number of anilines is 1. The second kappa shape index (κ2) is 4.09. The van der Waals surface area contributed by atoms with Gasteiger partial charge in [-0.15, -0.1) is 0 Å². The first-order chi connectivity index (χ1) is 9.81. The van der Waals surface area contributed by atoms with Crippen LogP contribution in [0.1, 0.15) is 0 Å². The summed E-state index contributed by atoms with van der Waals surface area (Å²) in [4.78, 5) is 8.51. The van der Waals surface area contributed by atoms with E-state index in [2.05, 4.69) is 9.97 Å². The minimum absolute atomic E-state index is 0.262. The molecule has 1 aliphatic rings. The van der Waals surface area contributed by atoms with Gasteiger partial charge in [-0.05, 0) is 35.7 Å². The van der Waals surface area contributed by atoms with Gasteiger partial charge in [0.2, 0.25) is 6.79 Å². The zero-order valence-corrected chi connectivity index (χ0v) is 10.5. The zero-order valence-electron chi connectivity index (χ0n) is 10.5. The molecule has 20 heavy (non-hydrogen) atoms. The van der Waals surface area contributed by atoms with Crippen LogP contribution in [0, 0.1) is 0 Å². The van der Waals surface area contributed by atoms with Gasteiger partial charge < -0.3 is 15.2 Å². The topological polar surface area (TPSA) is 70.3 Å². The minimum Gasteiger partial charge on any atom is -0.454 e. The van der Waals surface area contributed by atoms with E-state index in [0.717, 1.165) is 33.5 Å². The Morgan fingerprint density at radius 1 is 1.05 bits per heavy atom. The predicted octanol–water partition coefficient (Wildman–Crippen LogP) is 2.61. The molecule has 0 amide bonds. The highest BCUT2D eigenvalue weighted by Crippen LogP contribution is 2.36. The third-order valence-corrected chi connectivity index (χ3v) is 3.33. The van der Waals surface area contributed by atoms with Crippen molar-refractivity contribution in [1.82, 2.24) is 9.97 Å². The van der Waals surface area contributed by atoms with Crippen molar-refractivity contribution < 1.29 is 9.47 Å². The summed E-state index contributed by atoms with van der Waals surface area (Å²) in [5, 5.41) is 1.87. The molecule has 0 unspecified atom stereocenters. The monoisotopic (exact) mass is 265 g/mol. The van der Waals surface area contributed by atoms with Crippen molar-refractivity contribution in [3.63, 3.8) is 0 Å². The lowest BCUT2D eigenvalue weighted by Gasteiger charge is -2.06. The molecule has 2 N–H and O–H groups in total. The molecule has 3 aromatic rings. The zero-order chi connectivity index (χ0) is 13.5. The predicted molar refractivity (Wildman–Crippen MR) is 75.5 cm³/mol. The summed E-state index contributed by atoms with van der Waals surface area (Å²) in [5.74, 6) is 1.97. The maximum Gasteiger partial charge on any atom is 0.231 e. The SMILES string of the molecule is Nc1nc(-c2ccc3c(c2)OCO3)cc2ccncc12. The van der Waals surface area contributed by atoms with Gasteiger partial charge in [-0.2, -0.15) is 0 Å². The Balaban J connectivity index is 1.90.